The highest BCUT2D eigenvalue weighted by Gasteiger charge is 2.37. The first kappa shape index (κ1) is 12.3. The van der Waals surface area contributed by atoms with Crippen molar-refractivity contribution >= 4 is 34.7 Å². The minimum absolute atomic E-state index is 0.530. The molecule has 4 heteroatoms. The molecule has 1 fully saturated rings. The van der Waals surface area contributed by atoms with Crippen LogP contribution in [0.3, 0.4) is 0 Å². The van der Waals surface area contributed by atoms with Crippen LogP contribution in [0.1, 0.15) is 42.2 Å². The third-order valence-electron chi connectivity index (χ3n) is 4.22. The highest BCUT2D eigenvalue weighted by Crippen LogP contribution is 2.44. The van der Waals surface area contributed by atoms with Crippen molar-refractivity contribution < 1.29 is 0 Å². The average molecular weight is 288 g/mol. The second-order valence-corrected chi connectivity index (χ2v) is 8.18. The predicted molar refractivity (Wildman–Crippen MR) is 78.5 cm³/mol. The van der Waals surface area contributed by atoms with Crippen molar-refractivity contribution in [3.8, 4) is 0 Å². The van der Waals surface area contributed by atoms with Crippen molar-refractivity contribution in [3.05, 3.63) is 20.8 Å². The van der Waals surface area contributed by atoms with Crippen LogP contribution in [0.4, 0.5) is 0 Å². The highest BCUT2D eigenvalue weighted by atomic mass is 35.5. The number of hydrogen-bond donors (Lipinski definition) is 1. The summed E-state index contributed by atoms with van der Waals surface area (Å²) in [4.78, 5) is 1.50. The van der Waals surface area contributed by atoms with E-state index >= 15 is 0 Å². The number of nitrogens with one attached hydrogen (secondary N) is 1. The molecule has 17 heavy (non-hydrogen) atoms. The summed E-state index contributed by atoms with van der Waals surface area (Å²) in [6.07, 6.45) is 8.88. The van der Waals surface area contributed by atoms with Gasteiger partial charge >= 0.3 is 0 Å². The maximum absolute atomic E-state index is 6.09. The standard InChI is InChI=1S/C13H18ClNS2/c1-16-13(5-2-6-13)8-15-10-3-4-11-9(10)7-12(14)17-11/h7,10,15H,2-6,8H2,1H3. The first-order valence-electron chi connectivity index (χ1n) is 6.29. The van der Waals surface area contributed by atoms with Crippen molar-refractivity contribution in [2.24, 2.45) is 0 Å². The molecule has 0 amide bonds. The second-order valence-electron chi connectivity index (χ2n) is 5.14. The van der Waals surface area contributed by atoms with Crippen LogP contribution < -0.4 is 5.32 Å². The van der Waals surface area contributed by atoms with Gasteiger partial charge in [0.2, 0.25) is 0 Å². The smallest absolute Gasteiger partial charge is 0.0934 e. The highest BCUT2D eigenvalue weighted by molar-refractivity contribution is 8.00. The second kappa shape index (κ2) is 4.76. The molecule has 0 bridgehead atoms. The van der Waals surface area contributed by atoms with Crippen LogP contribution in [-0.2, 0) is 6.42 Å². The van der Waals surface area contributed by atoms with E-state index < -0.39 is 0 Å². The molecule has 1 atom stereocenters. The molecule has 1 N–H and O–H groups in total. The lowest BCUT2D eigenvalue weighted by atomic mass is 9.84. The lowest BCUT2D eigenvalue weighted by Crippen LogP contribution is -2.44. The topological polar surface area (TPSA) is 12.0 Å². The van der Waals surface area contributed by atoms with E-state index in [4.69, 9.17) is 11.6 Å². The third-order valence-corrected chi connectivity index (χ3v) is 6.97. The lowest BCUT2D eigenvalue weighted by molar-refractivity contribution is 0.330. The fourth-order valence-electron chi connectivity index (χ4n) is 2.88. The Morgan fingerprint density at radius 3 is 3.06 bits per heavy atom. The predicted octanol–water partition coefficient (Wildman–Crippen LogP) is 4.26. The molecule has 94 valence electrons. The van der Waals surface area contributed by atoms with Crippen LogP contribution in [0, 0.1) is 0 Å². The van der Waals surface area contributed by atoms with Crippen molar-refractivity contribution in [1.82, 2.24) is 5.32 Å². The Labute approximate surface area is 116 Å². The van der Waals surface area contributed by atoms with Crippen LogP contribution in [0.2, 0.25) is 4.34 Å². The molecule has 0 spiro atoms. The Kier molecular flexibility index (Phi) is 3.46. The number of aryl methyl sites for hydroxylation is 1. The van der Waals surface area contributed by atoms with Gasteiger partial charge in [0.05, 0.1) is 4.34 Å². The van der Waals surface area contributed by atoms with Gasteiger partial charge in [-0.1, -0.05) is 18.0 Å². The molecule has 1 aromatic rings. The Bertz CT molecular complexity index is 406. The van der Waals surface area contributed by atoms with Gasteiger partial charge in [0.15, 0.2) is 0 Å². The van der Waals surface area contributed by atoms with E-state index in [9.17, 15) is 0 Å². The van der Waals surface area contributed by atoms with E-state index in [1.165, 1.54) is 42.5 Å². The summed E-state index contributed by atoms with van der Waals surface area (Å²) in [6.45, 7) is 1.16. The van der Waals surface area contributed by atoms with Crippen molar-refractivity contribution in [2.75, 3.05) is 12.8 Å². The molecule has 1 nitrogen and oxygen atoms in total. The zero-order valence-corrected chi connectivity index (χ0v) is 12.5. The van der Waals surface area contributed by atoms with Gasteiger partial charge in [0.25, 0.3) is 0 Å². The third kappa shape index (κ3) is 2.27. The van der Waals surface area contributed by atoms with Crippen LogP contribution in [0.15, 0.2) is 6.07 Å². The number of rotatable bonds is 4. The molecular weight excluding hydrogens is 270 g/mol. The molecule has 0 saturated heterocycles. The maximum Gasteiger partial charge on any atom is 0.0934 e. The van der Waals surface area contributed by atoms with Crippen molar-refractivity contribution in [2.45, 2.75) is 42.9 Å². The number of halogens is 1. The summed E-state index contributed by atoms with van der Waals surface area (Å²) in [5.74, 6) is 0. The largest absolute Gasteiger partial charge is 0.309 e. The monoisotopic (exact) mass is 287 g/mol. The molecule has 1 saturated carbocycles. The van der Waals surface area contributed by atoms with Crippen molar-refractivity contribution in [3.63, 3.8) is 0 Å². The Morgan fingerprint density at radius 1 is 1.59 bits per heavy atom. The number of thiophene rings is 1. The van der Waals surface area contributed by atoms with Gasteiger partial charge in [0.1, 0.15) is 0 Å². The number of thioether (sulfide) groups is 1. The van der Waals surface area contributed by atoms with Gasteiger partial charge in [-0.15, -0.1) is 11.3 Å². The summed E-state index contributed by atoms with van der Waals surface area (Å²) >= 11 is 9.89. The maximum atomic E-state index is 6.09. The van der Waals surface area contributed by atoms with Gasteiger partial charge in [-0.2, -0.15) is 11.8 Å². The summed E-state index contributed by atoms with van der Waals surface area (Å²) in [7, 11) is 0. The van der Waals surface area contributed by atoms with Crippen LogP contribution in [0.5, 0.6) is 0 Å². The van der Waals surface area contributed by atoms with E-state index in [1.54, 1.807) is 11.3 Å². The fraction of sp³-hybridized carbons (Fsp3) is 0.692. The van der Waals surface area contributed by atoms with Crippen LogP contribution in [-0.4, -0.2) is 17.5 Å². The zero-order chi connectivity index (χ0) is 11.9. The van der Waals surface area contributed by atoms with E-state index in [2.05, 4.69) is 17.6 Å². The Balaban J connectivity index is 1.63. The summed E-state index contributed by atoms with van der Waals surface area (Å²) in [6, 6.07) is 2.72. The molecule has 1 heterocycles. The molecule has 0 aliphatic heterocycles. The van der Waals surface area contributed by atoms with E-state index in [0.717, 1.165) is 10.9 Å². The molecule has 1 unspecified atom stereocenters. The normalized spacial score (nSPS) is 25.6. The number of fused-ring (bicyclic) bond motifs is 1. The summed E-state index contributed by atoms with van der Waals surface area (Å²) in [5, 5.41) is 3.77. The summed E-state index contributed by atoms with van der Waals surface area (Å²) in [5.41, 5.74) is 1.47. The lowest BCUT2D eigenvalue weighted by Gasteiger charge is -2.41. The van der Waals surface area contributed by atoms with Crippen LogP contribution >= 0.6 is 34.7 Å². The molecule has 3 rings (SSSR count). The van der Waals surface area contributed by atoms with E-state index in [1.807, 2.05) is 11.8 Å². The first-order chi connectivity index (χ1) is 8.22. The van der Waals surface area contributed by atoms with E-state index in [-0.39, 0.29) is 0 Å². The van der Waals surface area contributed by atoms with Gasteiger partial charge in [-0.05, 0) is 43.6 Å². The quantitative estimate of drug-likeness (QED) is 0.888. The molecule has 2 aliphatic carbocycles. The van der Waals surface area contributed by atoms with Gasteiger partial charge in [-0.25, -0.2) is 0 Å². The molecule has 2 aliphatic rings. The Hall–Kier alpha value is 0.300. The molecule has 1 aromatic heterocycles. The van der Waals surface area contributed by atoms with Crippen LogP contribution in [0.25, 0.3) is 0 Å². The van der Waals surface area contributed by atoms with Gasteiger partial charge in [-0.3, -0.25) is 0 Å². The first-order valence-corrected chi connectivity index (χ1v) is 8.71. The van der Waals surface area contributed by atoms with Gasteiger partial charge in [0, 0.05) is 22.2 Å². The minimum Gasteiger partial charge on any atom is -0.309 e. The number of hydrogen-bond acceptors (Lipinski definition) is 3. The zero-order valence-electron chi connectivity index (χ0n) is 10.1. The van der Waals surface area contributed by atoms with Gasteiger partial charge < -0.3 is 5.32 Å². The molecule has 0 aromatic carbocycles. The van der Waals surface area contributed by atoms with Crippen molar-refractivity contribution in [1.29, 1.82) is 0 Å². The SMILES string of the molecule is CSC1(CNC2CCc3sc(Cl)cc32)CCC1. The van der Waals surface area contributed by atoms with E-state index in [0.29, 0.717) is 10.8 Å². The average Bonchev–Trinajstić information content (AvgIpc) is 2.77. The Morgan fingerprint density at radius 2 is 2.41 bits per heavy atom. The molecule has 0 radical (unpaired) electrons. The fourth-order valence-corrected chi connectivity index (χ4v) is 5.16. The summed E-state index contributed by atoms with van der Waals surface area (Å²) < 4.78 is 1.48. The molecular formula is C13H18ClNS2. The minimum atomic E-state index is 0.530.